The Bertz CT molecular complexity index is 425. The number of carbonyl (C=O) groups excluding carboxylic acids is 1. The molecular weight excluding hydrogens is 226 g/mol. The van der Waals surface area contributed by atoms with Gasteiger partial charge in [-0.15, -0.1) is 0 Å². The van der Waals surface area contributed by atoms with Crippen LogP contribution in [0.25, 0.3) is 0 Å². The second-order valence-corrected chi connectivity index (χ2v) is 4.91. The van der Waals surface area contributed by atoms with Crippen molar-refractivity contribution < 1.29 is 9.53 Å². The van der Waals surface area contributed by atoms with Crippen molar-refractivity contribution in [3.05, 3.63) is 48.0 Å². The highest BCUT2D eigenvalue weighted by atomic mass is 16.6. The van der Waals surface area contributed by atoms with Gasteiger partial charge in [-0.2, -0.15) is 0 Å². The van der Waals surface area contributed by atoms with Crippen molar-refractivity contribution in [2.45, 2.75) is 32.8 Å². The minimum atomic E-state index is -0.761. The van der Waals surface area contributed by atoms with E-state index in [9.17, 15) is 4.79 Å². The van der Waals surface area contributed by atoms with Gasteiger partial charge in [0.25, 0.3) is 0 Å². The first kappa shape index (κ1) is 14.3. The Morgan fingerprint density at radius 3 is 2.33 bits per heavy atom. The summed E-state index contributed by atoms with van der Waals surface area (Å²) < 4.78 is 5.40. The third-order valence-corrected chi connectivity index (χ3v) is 3.25. The van der Waals surface area contributed by atoms with Gasteiger partial charge in [-0.05, 0) is 24.0 Å². The van der Waals surface area contributed by atoms with Crippen molar-refractivity contribution in [3.8, 4) is 0 Å². The molecule has 3 nitrogen and oxygen atoms in total. The van der Waals surface area contributed by atoms with Crippen LogP contribution in [0.3, 0.4) is 0 Å². The van der Waals surface area contributed by atoms with Crippen LogP contribution in [0.5, 0.6) is 0 Å². The molecule has 0 saturated carbocycles. The molecule has 1 atom stereocenters. The third kappa shape index (κ3) is 3.13. The summed E-state index contributed by atoms with van der Waals surface area (Å²) in [5, 5.41) is 0. The lowest BCUT2D eigenvalue weighted by Gasteiger charge is -2.37. The van der Waals surface area contributed by atoms with E-state index in [1.54, 1.807) is 0 Å². The van der Waals surface area contributed by atoms with E-state index in [1.165, 1.54) is 0 Å². The zero-order valence-electron chi connectivity index (χ0n) is 11.3. The molecule has 0 aromatic heterocycles. The Balaban J connectivity index is 3.10. The molecule has 18 heavy (non-hydrogen) atoms. The van der Waals surface area contributed by atoms with Crippen LogP contribution in [0.1, 0.15) is 26.3 Å². The molecule has 1 amide bonds. The summed E-state index contributed by atoms with van der Waals surface area (Å²) in [4.78, 5) is 11.2. The third-order valence-electron chi connectivity index (χ3n) is 3.25. The second-order valence-electron chi connectivity index (χ2n) is 4.91. The number of hydrogen-bond donors (Lipinski definition) is 1. The van der Waals surface area contributed by atoms with Gasteiger partial charge in [-0.3, -0.25) is 0 Å². The molecule has 0 radical (unpaired) electrons. The van der Waals surface area contributed by atoms with Gasteiger partial charge in [0.1, 0.15) is 5.60 Å². The minimum absolute atomic E-state index is 0.0997. The molecule has 1 rings (SSSR count). The Kier molecular flexibility index (Phi) is 4.54. The van der Waals surface area contributed by atoms with Crippen molar-refractivity contribution in [3.63, 3.8) is 0 Å². The number of amides is 1. The molecule has 98 valence electrons. The summed E-state index contributed by atoms with van der Waals surface area (Å²) in [5.41, 5.74) is 6.36. The maximum absolute atomic E-state index is 11.2. The molecule has 0 bridgehead atoms. The highest BCUT2D eigenvalue weighted by Gasteiger charge is 2.38. The number of ether oxygens (including phenoxy) is 1. The van der Waals surface area contributed by atoms with E-state index < -0.39 is 11.7 Å². The largest absolute Gasteiger partial charge is 0.438 e. The van der Waals surface area contributed by atoms with Crippen molar-refractivity contribution in [2.24, 2.45) is 11.7 Å². The molecule has 0 aliphatic heterocycles. The maximum Gasteiger partial charge on any atom is 0.405 e. The fourth-order valence-corrected chi connectivity index (χ4v) is 2.17. The van der Waals surface area contributed by atoms with Crippen LogP contribution in [0, 0.1) is 5.92 Å². The monoisotopic (exact) mass is 247 g/mol. The normalized spacial score (nSPS) is 14.0. The summed E-state index contributed by atoms with van der Waals surface area (Å²) in [6.07, 6.45) is -0.174. The smallest absolute Gasteiger partial charge is 0.405 e. The summed E-state index contributed by atoms with van der Waals surface area (Å²) in [5.74, 6) is 0.0997. The molecule has 3 heteroatoms. The first-order valence-corrected chi connectivity index (χ1v) is 6.07. The van der Waals surface area contributed by atoms with E-state index in [0.717, 1.165) is 11.1 Å². The van der Waals surface area contributed by atoms with E-state index >= 15 is 0 Å². The summed E-state index contributed by atoms with van der Waals surface area (Å²) in [6, 6.07) is 9.89. The van der Waals surface area contributed by atoms with E-state index in [0.29, 0.717) is 6.42 Å². The lowest BCUT2D eigenvalue weighted by atomic mass is 9.79. The average molecular weight is 247 g/mol. The molecule has 0 spiro atoms. The van der Waals surface area contributed by atoms with E-state index in [1.807, 2.05) is 51.1 Å². The van der Waals surface area contributed by atoms with E-state index in [4.69, 9.17) is 10.5 Å². The van der Waals surface area contributed by atoms with Crippen LogP contribution in [0.15, 0.2) is 42.5 Å². The van der Waals surface area contributed by atoms with Crippen molar-refractivity contribution in [1.29, 1.82) is 0 Å². The van der Waals surface area contributed by atoms with Crippen LogP contribution in [0.2, 0.25) is 0 Å². The molecule has 1 unspecified atom stereocenters. The van der Waals surface area contributed by atoms with Gasteiger partial charge < -0.3 is 10.5 Å². The van der Waals surface area contributed by atoms with E-state index in [-0.39, 0.29) is 5.92 Å². The number of benzene rings is 1. The van der Waals surface area contributed by atoms with Gasteiger partial charge in [0.05, 0.1) is 0 Å². The molecule has 2 N–H and O–H groups in total. The van der Waals surface area contributed by atoms with Gasteiger partial charge >= 0.3 is 6.09 Å². The van der Waals surface area contributed by atoms with Crippen LogP contribution >= 0.6 is 0 Å². The quantitative estimate of drug-likeness (QED) is 0.812. The molecule has 0 saturated heterocycles. The molecule has 0 aliphatic carbocycles. The molecule has 1 aromatic carbocycles. The molecule has 0 aliphatic rings. The predicted octanol–water partition coefficient (Wildman–Crippen LogP) is 3.30. The number of carbonyl (C=O) groups is 1. The Morgan fingerprint density at radius 1 is 1.39 bits per heavy atom. The van der Waals surface area contributed by atoms with Crippen LogP contribution in [0.4, 0.5) is 4.79 Å². The van der Waals surface area contributed by atoms with Gasteiger partial charge in [0.2, 0.25) is 0 Å². The summed E-state index contributed by atoms with van der Waals surface area (Å²) in [7, 11) is 0. The number of rotatable bonds is 5. The lowest BCUT2D eigenvalue weighted by Crippen LogP contribution is -2.45. The molecular formula is C15H21NO2. The minimum Gasteiger partial charge on any atom is -0.438 e. The maximum atomic E-state index is 11.2. The fraction of sp³-hybridized carbons (Fsp3) is 0.400. The molecule has 1 aromatic rings. The zero-order valence-corrected chi connectivity index (χ0v) is 11.3. The summed E-state index contributed by atoms with van der Waals surface area (Å²) in [6.45, 7) is 9.83. The van der Waals surface area contributed by atoms with Crippen molar-refractivity contribution >= 4 is 6.09 Å². The van der Waals surface area contributed by atoms with Gasteiger partial charge in [-0.1, -0.05) is 50.8 Å². The lowest BCUT2D eigenvalue weighted by molar-refractivity contribution is 0.0103. The highest BCUT2D eigenvalue weighted by molar-refractivity contribution is 5.66. The van der Waals surface area contributed by atoms with Crippen molar-refractivity contribution in [2.75, 3.05) is 0 Å². The first-order valence-electron chi connectivity index (χ1n) is 6.07. The van der Waals surface area contributed by atoms with Crippen LogP contribution in [-0.2, 0) is 11.2 Å². The topological polar surface area (TPSA) is 52.3 Å². The Morgan fingerprint density at radius 2 is 1.94 bits per heavy atom. The van der Waals surface area contributed by atoms with Crippen LogP contribution < -0.4 is 5.73 Å². The Labute approximate surface area is 109 Å². The molecule has 0 heterocycles. The van der Waals surface area contributed by atoms with Gasteiger partial charge in [-0.25, -0.2) is 4.79 Å². The average Bonchev–Trinajstić information content (AvgIpc) is 2.28. The van der Waals surface area contributed by atoms with Gasteiger partial charge in [0.15, 0.2) is 0 Å². The second kappa shape index (κ2) is 5.71. The molecule has 0 fully saturated rings. The SMILES string of the molecule is C=C(C)C(Cc1ccccc1)(OC(N)=O)C(C)C. The highest BCUT2D eigenvalue weighted by Crippen LogP contribution is 2.33. The van der Waals surface area contributed by atoms with Crippen molar-refractivity contribution in [1.82, 2.24) is 0 Å². The zero-order chi connectivity index (χ0) is 13.8. The number of nitrogens with two attached hydrogens (primary N) is 1. The first-order chi connectivity index (χ1) is 8.38. The fourth-order valence-electron chi connectivity index (χ4n) is 2.17. The number of hydrogen-bond acceptors (Lipinski definition) is 2. The Hall–Kier alpha value is -1.77. The van der Waals surface area contributed by atoms with Crippen LogP contribution in [-0.4, -0.2) is 11.7 Å². The predicted molar refractivity (Wildman–Crippen MR) is 73.2 cm³/mol. The number of primary amides is 1. The van der Waals surface area contributed by atoms with Gasteiger partial charge in [0, 0.05) is 6.42 Å². The van der Waals surface area contributed by atoms with E-state index in [2.05, 4.69) is 6.58 Å². The summed E-state index contributed by atoms with van der Waals surface area (Å²) >= 11 is 0. The standard InChI is InChI=1S/C15H21NO2/c1-11(2)15(12(3)4,18-14(16)17)10-13-8-6-5-7-9-13/h5-9,12H,1,10H2,2-4H3,(H2,16,17).